The van der Waals surface area contributed by atoms with Crippen molar-refractivity contribution in [1.82, 2.24) is 0 Å². The molecular weight excluding hydrogens is 440 g/mol. The van der Waals surface area contributed by atoms with Crippen LogP contribution in [0, 0.1) is 0 Å². The van der Waals surface area contributed by atoms with E-state index in [1.54, 1.807) is 24.3 Å². The minimum Gasteiger partial charge on any atom is -0.269 e. The third-order valence-corrected chi connectivity index (χ3v) is 6.31. The van der Waals surface area contributed by atoms with Crippen molar-refractivity contribution in [3.63, 3.8) is 0 Å². The summed E-state index contributed by atoms with van der Waals surface area (Å²) in [5, 5.41) is 0. The molecule has 0 fully saturated rings. The van der Waals surface area contributed by atoms with Gasteiger partial charge in [0, 0.05) is 30.2 Å². The molecule has 0 N–H and O–H groups in total. The van der Waals surface area contributed by atoms with Gasteiger partial charge in [0.05, 0.1) is 11.4 Å². The summed E-state index contributed by atoms with van der Waals surface area (Å²) in [6, 6.07) is 23.1. The van der Waals surface area contributed by atoms with Crippen molar-refractivity contribution in [3.05, 3.63) is 119 Å². The van der Waals surface area contributed by atoms with E-state index in [1.807, 2.05) is 24.3 Å². The largest absolute Gasteiger partial charge is 0.269 e. The average molecular weight is 463 g/mol. The van der Waals surface area contributed by atoms with Gasteiger partial charge in [0.25, 0.3) is 23.6 Å². The molecule has 0 unspecified atom stereocenters. The fourth-order valence-corrected chi connectivity index (χ4v) is 4.46. The first-order valence-corrected chi connectivity index (χ1v) is 11.4. The summed E-state index contributed by atoms with van der Waals surface area (Å²) in [5.74, 6) is -1.55. The smallest absolute Gasteiger partial charge is 0.258 e. The van der Waals surface area contributed by atoms with Gasteiger partial charge in [-0.1, -0.05) is 55.5 Å². The van der Waals surface area contributed by atoms with E-state index in [9.17, 15) is 19.2 Å². The second kappa shape index (κ2) is 8.99. The lowest BCUT2D eigenvalue weighted by atomic mass is 9.84. The SMILES string of the molecule is CCc1ccc(C(c2ccc(N3C(=O)C=CC3=O)cc2)c2ccc(N3C(=O)C=CC3=O)cc2)cc1. The molecule has 5 rings (SSSR count). The van der Waals surface area contributed by atoms with Crippen LogP contribution in [0.15, 0.2) is 97.1 Å². The zero-order valence-corrected chi connectivity index (χ0v) is 19.0. The van der Waals surface area contributed by atoms with E-state index < -0.39 is 0 Å². The molecule has 0 saturated heterocycles. The summed E-state index contributed by atoms with van der Waals surface area (Å²) in [7, 11) is 0. The molecule has 0 aliphatic carbocycles. The Kier molecular flexibility index (Phi) is 5.71. The van der Waals surface area contributed by atoms with Crippen LogP contribution < -0.4 is 9.80 Å². The number of hydrogen-bond donors (Lipinski definition) is 0. The fraction of sp³-hybridized carbons (Fsp3) is 0.103. The second-order valence-corrected chi connectivity index (χ2v) is 8.40. The van der Waals surface area contributed by atoms with Gasteiger partial charge in [-0.15, -0.1) is 0 Å². The Hall–Kier alpha value is -4.58. The van der Waals surface area contributed by atoms with Crippen molar-refractivity contribution in [1.29, 1.82) is 0 Å². The molecular formula is C29H22N2O4. The standard InChI is InChI=1S/C29H22N2O4/c1-2-19-3-5-20(6-4-19)29(21-7-11-23(12-8-21)30-25(32)15-16-26(30)33)22-9-13-24(14-10-22)31-27(34)17-18-28(31)35/h3-18,29H,2H2,1H3. The molecule has 0 bridgehead atoms. The minimum absolute atomic E-state index is 0.129. The van der Waals surface area contributed by atoms with Crippen LogP contribution in [-0.4, -0.2) is 23.6 Å². The molecule has 2 aliphatic rings. The monoisotopic (exact) mass is 462 g/mol. The molecule has 35 heavy (non-hydrogen) atoms. The number of rotatable bonds is 6. The van der Waals surface area contributed by atoms with E-state index in [-0.39, 0.29) is 29.5 Å². The first-order valence-electron chi connectivity index (χ1n) is 11.4. The summed E-state index contributed by atoms with van der Waals surface area (Å²) in [5.41, 5.74) is 5.30. The van der Waals surface area contributed by atoms with E-state index in [0.29, 0.717) is 11.4 Å². The normalized spacial score (nSPS) is 15.3. The summed E-state index contributed by atoms with van der Waals surface area (Å²) >= 11 is 0. The van der Waals surface area contributed by atoms with Crippen molar-refractivity contribution in [2.24, 2.45) is 0 Å². The minimum atomic E-state index is -0.356. The van der Waals surface area contributed by atoms with Crippen molar-refractivity contribution in [2.75, 3.05) is 9.80 Å². The molecule has 3 aromatic rings. The lowest BCUT2D eigenvalue weighted by Gasteiger charge is -2.22. The van der Waals surface area contributed by atoms with E-state index in [2.05, 4.69) is 31.2 Å². The molecule has 2 aliphatic heterocycles. The van der Waals surface area contributed by atoms with Crippen molar-refractivity contribution in [3.8, 4) is 0 Å². The van der Waals surface area contributed by atoms with E-state index in [4.69, 9.17) is 0 Å². The number of aryl methyl sites for hydroxylation is 1. The molecule has 0 aromatic heterocycles. The zero-order chi connectivity index (χ0) is 24.5. The van der Waals surface area contributed by atoms with Gasteiger partial charge in [-0.3, -0.25) is 19.2 Å². The Labute approximate surface area is 202 Å². The zero-order valence-electron chi connectivity index (χ0n) is 19.0. The number of carbonyl (C=O) groups is 4. The Morgan fingerprint density at radius 2 is 0.829 bits per heavy atom. The van der Waals surface area contributed by atoms with Crippen LogP contribution in [0.4, 0.5) is 11.4 Å². The van der Waals surface area contributed by atoms with Crippen molar-refractivity contribution < 1.29 is 19.2 Å². The molecule has 172 valence electrons. The van der Waals surface area contributed by atoms with Gasteiger partial charge in [-0.2, -0.15) is 0 Å². The maximum Gasteiger partial charge on any atom is 0.258 e. The lowest BCUT2D eigenvalue weighted by Crippen LogP contribution is -2.29. The Morgan fingerprint density at radius 3 is 1.14 bits per heavy atom. The third-order valence-electron chi connectivity index (χ3n) is 6.31. The van der Waals surface area contributed by atoms with Gasteiger partial charge >= 0.3 is 0 Å². The number of carbonyl (C=O) groups excluding carboxylic acids is 4. The van der Waals surface area contributed by atoms with Crippen LogP contribution in [-0.2, 0) is 25.6 Å². The molecule has 6 heteroatoms. The first kappa shape index (κ1) is 22.2. The number of hydrogen-bond acceptors (Lipinski definition) is 4. The summed E-state index contributed by atoms with van der Waals surface area (Å²) < 4.78 is 0. The molecule has 6 nitrogen and oxygen atoms in total. The van der Waals surface area contributed by atoms with Crippen LogP contribution >= 0.6 is 0 Å². The molecule has 4 amide bonds. The number of amides is 4. The van der Waals surface area contributed by atoms with Crippen LogP contribution in [0.2, 0.25) is 0 Å². The topological polar surface area (TPSA) is 74.8 Å². The van der Waals surface area contributed by atoms with Gasteiger partial charge in [0.2, 0.25) is 0 Å². The predicted molar refractivity (Wildman–Crippen MR) is 133 cm³/mol. The number of imide groups is 2. The summed E-state index contributed by atoms with van der Waals surface area (Å²) in [6.45, 7) is 2.11. The Morgan fingerprint density at radius 1 is 0.514 bits per heavy atom. The number of benzene rings is 3. The van der Waals surface area contributed by atoms with Crippen molar-refractivity contribution >= 4 is 35.0 Å². The van der Waals surface area contributed by atoms with Gasteiger partial charge < -0.3 is 0 Å². The van der Waals surface area contributed by atoms with Gasteiger partial charge in [-0.25, -0.2) is 9.80 Å². The quantitative estimate of drug-likeness (QED) is 0.405. The maximum absolute atomic E-state index is 12.1. The highest BCUT2D eigenvalue weighted by molar-refractivity contribution is 6.28. The Balaban J connectivity index is 1.51. The predicted octanol–water partition coefficient (Wildman–Crippen LogP) is 4.29. The van der Waals surface area contributed by atoms with E-state index in [1.165, 1.54) is 29.9 Å². The van der Waals surface area contributed by atoms with E-state index >= 15 is 0 Å². The number of anilines is 2. The molecule has 0 radical (unpaired) electrons. The number of nitrogens with zero attached hydrogens (tertiary/aromatic N) is 2. The van der Waals surface area contributed by atoms with Crippen LogP contribution in [0.25, 0.3) is 0 Å². The van der Waals surface area contributed by atoms with Crippen LogP contribution in [0.1, 0.15) is 35.1 Å². The Bertz CT molecular complexity index is 1260. The summed E-state index contributed by atoms with van der Waals surface area (Å²) in [4.78, 5) is 50.5. The van der Waals surface area contributed by atoms with Crippen LogP contribution in [0.3, 0.4) is 0 Å². The first-order chi connectivity index (χ1) is 17.0. The average Bonchev–Trinajstić information content (AvgIpc) is 3.40. The van der Waals surface area contributed by atoms with Crippen molar-refractivity contribution in [2.45, 2.75) is 19.3 Å². The van der Waals surface area contributed by atoms with Gasteiger partial charge in [-0.05, 0) is 52.9 Å². The molecule has 3 aromatic carbocycles. The lowest BCUT2D eigenvalue weighted by molar-refractivity contribution is -0.121. The third kappa shape index (κ3) is 4.10. The highest BCUT2D eigenvalue weighted by atomic mass is 16.2. The second-order valence-electron chi connectivity index (χ2n) is 8.40. The molecule has 0 atom stereocenters. The van der Waals surface area contributed by atoms with Crippen LogP contribution in [0.5, 0.6) is 0 Å². The summed E-state index contributed by atoms with van der Waals surface area (Å²) in [6.07, 6.45) is 6.00. The highest BCUT2D eigenvalue weighted by Gasteiger charge is 2.27. The molecule has 2 heterocycles. The van der Waals surface area contributed by atoms with Gasteiger partial charge in [0.1, 0.15) is 0 Å². The van der Waals surface area contributed by atoms with E-state index in [0.717, 1.165) is 32.9 Å². The highest BCUT2D eigenvalue weighted by Crippen LogP contribution is 2.35. The molecule has 0 saturated carbocycles. The molecule has 0 spiro atoms. The maximum atomic E-state index is 12.1. The fourth-order valence-electron chi connectivity index (χ4n) is 4.46. The van der Waals surface area contributed by atoms with Gasteiger partial charge in [0.15, 0.2) is 0 Å².